The number of hydrogen-bond donors (Lipinski definition) is 1. The first-order chi connectivity index (χ1) is 13.5. The Hall–Kier alpha value is -2.84. The average molecular weight is 415 g/mol. The Morgan fingerprint density at radius 2 is 1.96 bits per heavy atom. The van der Waals surface area contributed by atoms with Crippen molar-refractivity contribution in [3.05, 3.63) is 64.6 Å². The Labute approximate surface area is 171 Å². The predicted octanol–water partition coefficient (Wildman–Crippen LogP) is 3.56. The molecule has 0 bridgehead atoms. The van der Waals surface area contributed by atoms with Crippen molar-refractivity contribution in [2.75, 3.05) is 13.7 Å². The van der Waals surface area contributed by atoms with E-state index >= 15 is 0 Å². The smallest absolute Gasteiger partial charge is 0.323 e. The molecule has 0 aromatic heterocycles. The molecule has 0 atom stereocenters. The maximum absolute atomic E-state index is 12.3. The molecule has 1 aliphatic heterocycles. The molecular weight excluding hydrogens is 398 g/mol. The fourth-order valence-electron chi connectivity index (χ4n) is 2.51. The van der Waals surface area contributed by atoms with Crippen molar-refractivity contribution < 1.29 is 24.2 Å². The topological polar surface area (TPSA) is 76.1 Å². The Morgan fingerprint density at radius 3 is 2.64 bits per heavy atom. The summed E-state index contributed by atoms with van der Waals surface area (Å²) in [5.74, 6) is -0.0269. The second kappa shape index (κ2) is 8.90. The van der Waals surface area contributed by atoms with Gasteiger partial charge in [0.15, 0.2) is 0 Å². The lowest BCUT2D eigenvalue weighted by molar-refractivity contribution is -0.140. The number of amides is 1. The number of thioether (sulfide) groups is 1. The third kappa shape index (κ3) is 4.90. The standard InChI is InChI=1S/C20H17NO5S2/c1-25-16-4-2-3-14(9-16)12-26-15-7-5-13(6-8-15)10-17-19(24)21(11-18(22)23)20(27)28-17/h2-10H,11-12H2,1H3,(H,22,23)/b17-10-. The van der Waals surface area contributed by atoms with Gasteiger partial charge in [-0.2, -0.15) is 0 Å². The summed E-state index contributed by atoms with van der Waals surface area (Å²) in [5.41, 5.74) is 1.79. The number of hydrogen-bond acceptors (Lipinski definition) is 6. The highest BCUT2D eigenvalue weighted by Gasteiger charge is 2.33. The number of methoxy groups -OCH3 is 1. The molecule has 2 aromatic carbocycles. The molecule has 0 unspecified atom stereocenters. The van der Waals surface area contributed by atoms with Gasteiger partial charge in [-0.05, 0) is 41.5 Å². The van der Waals surface area contributed by atoms with Crippen LogP contribution in [0.3, 0.4) is 0 Å². The quantitative estimate of drug-likeness (QED) is 0.547. The molecule has 2 aromatic rings. The fraction of sp³-hybridized carbons (Fsp3) is 0.150. The van der Waals surface area contributed by atoms with Crippen LogP contribution in [-0.4, -0.2) is 39.9 Å². The van der Waals surface area contributed by atoms with E-state index in [-0.39, 0.29) is 4.32 Å². The number of carboxylic acid groups (broad SMARTS) is 1. The molecule has 0 saturated carbocycles. The molecule has 0 radical (unpaired) electrons. The van der Waals surface area contributed by atoms with E-state index in [1.54, 1.807) is 13.2 Å². The zero-order valence-corrected chi connectivity index (χ0v) is 16.6. The summed E-state index contributed by atoms with van der Waals surface area (Å²) in [7, 11) is 1.62. The fourth-order valence-corrected chi connectivity index (χ4v) is 3.77. The summed E-state index contributed by atoms with van der Waals surface area (Å²) in [4.78, 5) is 24.6. The maximum Gasteiger partial charge on any atom is 0.323 e. The van der Waals surface area contributed by atoms with Gasteiger partial charge < -0.3 is 14.6 Å². The molecule has 3 rings (SSSR count). The summed E-state index contributed by atoms with van der Waals surface area (Å²) in [6, 6.07) is 14.9. The molecule has 1 saturated heterocycles. The van der Waals surface area contributed by atoms with Gasteiger partial charge in [0, 0.05) is 0 Å². The molecule has 0 spiro atoms. The van der Waals surface area contributed by atoms with Crippen LogP contribution in [0.25, 0.3) is 6.08 Å². The number of thiocarbonyl (C=S) groups is 1. The normalized spacial score (nSPS) is 15.2. The maximum atomic E-state index is 12.3. The van der Waals surface area contributed by atoms with Crippen molar-refractivity contribution in [3.63, 3.8) is 0 Å². The molecular formula is C20H17NO5S2. The molecule has 1 N–H and O–H groups in total. The Morgan fingerprint density at radius 1 is 1.21 bits per heavy atom. The Kier molecular flexibility index (Phi) is 6.33. The van der Waals surface area contributed by atoms with E-state index < -0.39 is 18.4 Å². The van der Waals surface area contributed by atoms with Gasteiger partial charge in [0.05, 0.1) is 12.0 Å². The van der Waals surface area contributed by atoms with E-state index in [9.17, 15) is 9.59 Å². The summed E-state index contributed by atoms with van der Waals surface area (Å²) in [6.45, 7) is -0.0244. The molecule has 28 heavy (non-hydrogen) atoms. The van der Waals surface area contributed by atoms with Gasteiger partial charge in [-0.15, -0.1) is 0 Å². The molecule has 1 fully saturated rings. The highest BCUT2D eigenvalue weighted by Crippen LogP contribution is 2.32. The van der Waals surface area contributed by atoms with E-state index in [1.165, 1.54) is 0 Å². The predicted molar refractivity (Wildman–Crippen MR) is 111 cm³/mol. The summed E-state index contributed by atoms with van der Waals surface area (Å²) in [6.07, 6.45) is 1.69. The van der Waals surface area contributed by atoms with Crippen molar-refractivity contribution in [1.82, 2.24) is 4.90 Å². The Balaban J connectivity index is 1.64. The first-order valence-electron chi connectivity index (χ1n) is 8.29. The van der Waals surface area contributed by atoms with Gasteiger partial charge in [0.25, 0.3) is 5.91 Å². The number of carbonyl (C=O) groups excluding carboxylic acids is 1. The molecule has 8 heteroatoms. The van der Waals surface area contributed by atoms with E-state index in [4.69, 9.17) is 26.8 Å². The minimum absolute atomic E-state index is 0.247. The first-order valence-corrected chi connectivity index (χ1v) is 9.51. The monoisotopic (exact) mass is 415 g/mol. The molecule has 1 amide bonds. The number of aliphatic carboxylic acids is 1. The van der Waals surface area contributed by atoms with Crippen molar-refractivity contribution in [2.24, 2.45) is 0 Å². The number of ether oxygens (including phenoxy) is 2. The zero-order chi connectivity index (χ0) is 20.1. The summed E-state index contributed by atoms with van der Waals surface area (Å²) < 4.78 is 11.2. The van der Waals surface area contributed by atoms with Gasteiger partial charge >= 0.3 is 5.97 Å². The van der Waals surface area contributed by atoms with Gasteiger partial charge in [-0.25, -0.2) is 0 Å². The SMILES string of the molecule is COc1cccc(COc2ccc(/C=C3\SC(=S)N(CC(=O)O)C3=O)cc2)c1. The van der Waals surface area contributed by atoms with Crippen LogP contribution in [-0.2, 0) is 16.2 Å². The summed E-state index contributed by atoms with van der Waals surface area (Å²) >= 11 is 6.18. The molecule has 0 aliphatic carbocycles. The van der Waals surface area contributed by atoms with Crippen LogP contribution in [0.4, 0.5) is 0 Å². The first kappa shape index (κ1) is 19.9. The van der Waals surface area contributed by atoms with E-state index in [1.807, 2.05) is 48.5 Å². The summed E-state index contributed by atoms with van der Waals surface area (Å²) in [5, 5.41) is 8.87. The second-order valence-electron chi connectivity index (χ2n) is 5.87. The van der Waals surface area contributed by atoms with Gasteiger partial charge in [-0.1, -0.05) is 48.2 Å². The van der Waals surface area contributed by atoms with E-state index in [0.717, 1.165) is 33.5 Å². The number of carbonyl (C=O) groups is 2. The molecule has 144 valence electrons. The van der Waals surface area contributed by atoms with Gasteiger partial charge in [0.2, 0.25) is 0 Å². The van der Waals surface area contributed by atoms with Crippen LogP contribution in [0.5, 0.6) is 11.5 Å². The molecule has 1 aliphatic rings. The van der Waals surface area contributed by atoms with Crippen molar-refractivity contribution in [2.45, 2.75) is 6.61 Å². The molecule has 1 heterocycles. The number of benzene rings is 2. The lowest BCUT2D eigenvalue weighted by Gasteiger charge is -2.10. The highest BCUT2D eigenvalue weighted by atomic mass is 32.2. The second-order valence-corrected chi connectivity index (χ2v) is 7.55. The Bertz CT molecular complexity index is 940. The minimum Gasteiger partial charge on any atom is -0.497 e. The zero-order valence-electron chi connectivity index (χ0n) is 15.0. The van der Waals surface area contributed by atoms with Crippen molar-refractivity contribution in [1.29, 1.82) is 0 Å². The third-order valence-electron chi connectivity index (χ3n) is 3.88. The lowest BCUT2D eigenvalue weighted by atomic mass is 10.2. The number of rotatable bonds is 7. The van der Waals surface area contributed by atoms with Crippen LogP contribution in [0.15, 0.2) is 53.4 Å². The average Bonchev–Trinajstić information content (AvgIpc) is 2.94. The van der Waals surface area contributed by atoms with Crippen LogP contribution >= 0.6 is 24.0 Å². The van der Waals surface area contributed by atoms with Crippen LogP contribution in [0.1, 0.15) is 11.1 Å². The largest absolute Gasteiger partial charge is 0.497 e. The van der Waals surface area contributed by atoms with Crippen LogP contribution < -0.4 is 9.47 Å². The van der Waals surface area contributed by atoms with E-state index in [2.05, 4.69) is 0 Å². The van der Waals surface area contributed by atoms with E-state index in [0.29, 0.717) is 17.3 Å². The number of nitrogens with zero attached hydrogens (tertiary/aromatic N) is 1. The molecule has 6 nitrogen and oxygen atoms in total. The third-order valence-corrected chi connectivity index (χ3v) is 5.26. The minimum atomic E-state index is -1.10. The van der Waals surface area contributed by atoms with Gasteiger partial charge in [-0.3, -0.25) is 14.5 Å². The lowest BCUT2D eigenvalue weighted by Crippen LogP contribution is -2.33. The number of carboxylic acids is 1. The van der Waals surface area contributed by atoms with Crippen molar-refractivity contribution >= 4 is 46.3 Å². The highest BCUT2D eigenvalue weighted by molar-refractivity contribution is 8.26. The van der Waals surface area contributed by atoms with Crippen molar-refractivity contribution in [3.8, 4) is 11.5 Å². The van der Waals surface area contributed by atoms with Crippen LogP contribution in [0.2, 0.25) is 0 Å². The van der Waals surface area contributed by atoms with Crippen LogP contribution in [0, 0.1) is 0 Å². The van der Waals surface area contributed by atoms with Gasteiger partial charge in [0.1, 0.15) is 29.0 Å².